The quantitative estimate of drug-likeness (QED) is 0.576. The van der Waals surface area contributed by atoms with Crippen LogP contribution in [0.2, 0.25) is 0 Å². The van der Waals surface area contributed by atoms with Gasteiger partial charge >= 0.3 is 5.97 Å². The number of likely N-dealkylation sites (tertiary alicyclic amines) is 1. The summed E-state index contributed by atoms with van der Waals surface area (Å²) in [5.41, 5.74) is 3.98. The van der Waals surface area contributed by atoms with E-state index in [9.17, 15) is 9.59 Å². The summed E-state index contributed by atoms with van der Waals surface area (Å²) in [6.45, 7) is 3.84. The van der Waals surface area contributed by atoms with E-state index in [1.165, 1.54) is 16.9 Å². The number of hydrogen-bond acceptors (Lipinski definition) is 5. The average molecular weight is 407 g/mol. The molecule has 6 heteroatoms. The molecule has 1 amide bonds. The molecule has 0 atom stereocenters. The Balaban J connectivity index is 1.35. The Bertz CT molecular complexity index is 1000. The molecular formula is C23H22N2O3S. The Kier molecular flexibility index (Phi) is 5.71. The van der Waals surface area contributed by atoms with Gasteiger partial charge in [-0.15, -0.1) is 11.3 Å². The van der Waals surface area contributed by atoms with Crippen LogP contribution in [-0.4, -0.2) is 34.8 Å². The largest absolute Gasteiger partial charge is 0.456 e. The number of ether oxygens (including phenoxy) is 1. The molecule has 3 aromatic rings. The van der Waals surface area contributed by atoms with E-state index in [4.69, 9.17) is 4.74 Å². The standard InChI is InChI=1S/C23H22N2O3S/c1-16-4-8-18(9-5-16)21-24-20(15-29-21)23(27)28-14-17-6-10-19(11-7-17)22(26)25-12-2-3-13-25/h4-11,15H,2-3,12-14H2,1H3. The zero-order chi connectivity index (χ0) is 20.2. The van der Waals surface area contributed by atoms with E-state index in [0.717, 1.165) is 42.1 Å². The van der Waals surface area contributed by atoms with Crippen molar-refractivity contribution in [1.82, 2.24) is 9.88 Å². The lowest BCUT2D eigenvalue weighted by Crippen LogP contribution is -2.27. The Morgan fingerprint density at radius 3 is 2.41 bits per heavy atom. The molecule has 2 heterocycles. The molecule has 0 spiro atoms. The van der Waals surface area contributed by atoms with Gasteiger partial charge in [0, 0.05) is 29.6 Å². The molecule has 1 saturated heterocycles. The molecule has 148 valence electrons. The van der Waals surface area contributed by atoms with Crippen LogP contribution in [0, 0.1) is 6.92 Å². The molecule has 0 radical (unpaired) electrons. The predicted octanol–water partition coefficient (Wildman–Crippen LogP) is 4.71. The molecule has 0 N–H and O–H groups in total. The van der Waals surface area contributed by atoms with Crippen LogP contribution in [0.4, 0.5) is 0 Å². The number of thiazole rings is 1. The lowest BCUT2D eigenvalue weighted by Gasteiger charge is -2.15. The Labute approximate surface area is 174 Å². The number of aryl methyl sites for hydroxylation is 1. The Hall–Kier alpha value is -2.99. The first-order valence-corrected chi connectivity index (χ1v) is 10.6. The molecule has 2 aromatic carbocycles. The van der Waals surface area contributed by atoms with E-state index in [-0.39, 0.29) is 12.5 Å². The Morgan fingerprint density at radius 2 is 1.72 bits per heavy atom. The summed E-state index contributed by atoms with van der Waals surface area (Å²) in [4.78, 5) is 31.0. The summed E-state index contributed by atoms with van der Waals surface area (Å²) >= 11 is 1.42. The fourth-order valence-corrected chi connectivity index (χ4v) is 4.06. The fourth-order valence-electron chi connectivity index (χ4n) is 3.27. The minimum atomic E-state index is -0.447. The van der Waals surface area contributed by atoms with E-state index in [1.54, 1.807) is 17.5 Å². The van der Waals surface area contributed by atoms with E-state index < -0.39 is 5.97 Å². The van der Waals surface area contributed by atoms with Crippen LogP contribution in [-0.2, 0) is 11.3 Å². The topological polar surface area (TPSA) is 59.5 Å². The zero-order valence-corrected chi connectivity index (χ0v) is 17.1. The van der Waals surface area contributed by atoms with Crippen molar-refractivity contribution in [2.75, 3.05) is 13.1 Å². The normalized spacial score (nSPS) is 13.5. The van der Waals surface area contributed by atoms with E-state index in [0.29, 0.717) is 11.3 Å². The first kappa shape index (κ1) is 19.3. The SMILES string of the molecule is Cc1ccc(-c2nc(C(=O)OCc3ccc(C(=O)N4CCCC4)cc3)cs2)cc1. The predicted molar refractivity (Wildman–Crippen MR) is 113 cm³/mol. The molecule has 0 saturated carbocycles. The monoisotopic (exact) mass is 406 g/mol. The highest BCUT2D eigenvalue weighted by Gasteiger charge is 2.19. The maximum Gasteiger partial charge on any atom is 0.358 e. The highest BCUT2D eigenvalue weighted by molar-refractivity contribution is 7.13. The van der Waals surface area contributed by atoms with E-state index in [2.05, 4.69) is 4.98 Å². The summed E-state index contributed by atoms with van der Waals surface area (Å²) in [5, 5.41) is 2.51. The van der Waals surface area contributed by atoms with Gasteiger partial charge < -0.3 is 9.64 Å². The van der Waals surface area contributed by atoms with E-state index >= 15 is 0 Å². The molecular weight excluding hydrogens is 384 g/mol. The van der Waals surface area contributed by atoms with Gasteiger partial charge in [0.1, 0.15) is 11.6 Å². The van der Waals surface area contributed by atoms with Crippen molar-refractivity contribution >= 4 is 23.2 Å². The number of hydrogen-bond donors (Lipinski definition) is 0. The summed E-state index contributed by atoms with van der Waals surface area (Å²) < 4.78 is 5.39. The van der Waals surface area contributed by atoms with Crippen molar-refractivity contribution < 1.29 is 14.3 Å². The molecule has 1 fully saturated rings. The van der Waals surface area contributed by atoms with Gasteiger partial charge in [0.25, 0.3) is 5.91 Å². The van der Waals surface area contributed by atoms with Crippen molar-refractivity contribution in [3.63, 3.8) is 0 Å². The van der Waals surface area contributed by atoms with Crippen molar-refractivity contribution in [1.29, 1.82) is 0 Å². The number of benzene rings is 2. The van der Waals surface area contributed by atoms with Gasteiger partial charge in [0.15, 0.2) is 5.69 Å². The van der Waals surface area contributed by atoms with Gasteiger partial charge in [-0.1, -0.05) is 42.0 Å². The molecule has 0 bridgehead atoms. The van der Waals surface area contributed by atoms with Gasteiger partial charge in [-0.25, -0.2) is 9.78 Å². The van der Waals surface area contributed by atoms with Crippen LogP contribution in [0.5, 0.6) is 0 Å². The van der Waals surface area contributed by atoms with Crippen LogP contribution in [0.3, 0.4) is 0 Å². The third kappa shape index (κ3) is 4.54. The second-order valence-corrected chi connectivity index (χ2v) is 8.03. The number of carbonyl (C=O) groups excluding carboxylic acids is 2. The van der Waals surface area contributed by atoms with Gasteiger partial charge in [-0.2, -0.15) is 0 Å². The number of aromatic nitrogens is 1. The lowest BCUT2D eigenvalue weighted by atomic mass is 10.1. The van der Waals surface area contributed by atoms with Crippen molar-refractivity contribution in [3.8, 4) is 10.6 Å². The minimum absolute atomic E-state index is 0.0668. The van der Waals surface area contributed by atoms with Crippen LogP contribution >= 0.6 is 11.3 Å². The molecule has 0 aliphatic carbocycles. The highest BCUT2D eigenvalue weighted by atomic mass is 32.1. The number of amides is 1. The molecule has 1 aliphatic rings. The van der Waals surface area contributed by atoms with Gasteiger partial charge in [-0.05, 0) is 37.5 Å². The Morgan fingerprint density at radius 1 is 1.03 bits per heavy atom. The average Bonchev–Trinajstić information content (AvgIpc) is 3.45. The van der Waals surface area contributed by atoms with Gasteiger partial charge in [-0.3, -0.25) is 4.79 Å². The molecule has 4 rings (SSSR count). The van der Waals surface area contributed by atoms with Gasteiger partial charge in [0.2, 0.25) is 0 Å². The first-order valence-electron chi connectivity index (χ1n) is 9.68. The molecule has 0 unspecified atom stereocenters. The van der Waals surface area contributed by atoms with Crippen molar-refractivity contribution in [2.24, 2.45) is 0 Å². The third-order valence-electron chi connectivity index (χ3n) is 4.98. The summed E-state index contributed by atoms with van der Waals surface area (Å²) in [7, 11) is 0. The van der Waals surface area contributed by atoms with Crippen LogP contribution < -0.4 is 0 Å². The highest BCUT2D eigenvalue weighted by Crippen LogP contribution is 2.24. The third-order valence-corrected chi connectivity index (χ3v) is 5.87. The van der Waals surface area contributed by atoms with Crippen LogP contribution in [0.15, 0.2) is 53.9 Å². The van der Waals surface area contributed by atoms with Crippen molar-refractivity contribution in [3.05, 3.63) is 76.3 Å². The molecule has 5 nitrogen and oxygen atoms in total. The van der Waals surface area contributed by atoms with Crippen LogP contribution in [0.25, 0.3) is 10.6 Å². The molecule has 29 heavy (non-hydrogen) atoms. The zero-order valence-electron chi connectivity index (χ0n) is 16.3. The smallest absolute Gasteiger partial charge is 0.358 e. The second-order valence-electron chi connectivity index (χ2n) is 7.18. The second kappa shape index (κ2) is 8.57. The summed E-state index contributed by atoms with van der Waals surface area (Å²) in [6, 6.07) is 15.3. The number of rotatable bonds is 5. The van der Waals surface area contributed by atoms with Gasteiger partial charge in [0.05, 0.1) is 0 Å². The maximum atomic E-state index is 12.4. The first-order chi connectivity index (χ1) is 14.1. The summed E-state index contributed by atoms with van der Waals surface area (Å²) in [6.07, 6.45) is 2.14. The number of esters is 1. The van der Waals surface area contributed by atoms with Crippen molar-refractivity contribution in [2.45, 2.75) is 26.4 Å². The summed E-state index contributed by atoms with van der Waals surface area (Å²) in [5.74, 6) is -0.381. The fraction of sp³-hybridized carbons (Fsp3) is 0.261. The number of nitrogens with zero attached hydrogens (tertiary/aromatic N) is 2. The van der Waals surface area contributed by atoms with Crippen LogP contribution in [0.1, 0.15) is 44.8 Å². The maximum absolute atomic E-state index is 12.4. The van der Waals surface area contributed by atoms with E-state index in [1.807, 2.05) is 48.2 Å². The number of carbonyl (C=O) groups is 2. The molecule has 1 aromatic heterocycles. The minimum Gasteiger partial charge on any atom is -0.456 e. The lowest BCUT2D eigenvalue weighted by molar-refractivity contribution is 0.0466. The molecule has 1 aliphatic heterocycles.